The summed E-state index contributed by atoms with van der Waals surface area (Å²) in [7, 11) is 0. The lowest BCUT2D eigenvalue weighted by Crippen LogP contribution is -1.85. The maximum Gasteiger partial charge on any atom is 0.0886 e. The van der Waals surface area contributed by atoms with Crippen molar-refractivity contribution >= 4 is 17.6 Å². The molecule has 1 heterocycles. The number of rotatable bonds is 1. The van der Waals surface area contributed by atoms with E-state index in [1.54, 1.807) is 24.7 Å². The van der Waals surface area contributed by atoms with Crippen LogP contribution in [0.2, 0.25) is 0 Å². The molecule has 0 aliphatic rings. The number of nitrogens with two attached hydrogens (primary N) is 1. The van der Waals surface area contributed by atoms with Crippen molar-refractivity contribution in [1.29, 1.82) is 0 Å². The van der Waals surface area contributed by atoms with Gasteiger partial charge >= 0.3 is 0 Å². The average Bonchev–Trinajstić information content (AvgIpc) is 2.28. The number of pyridine rings is 1. The van der Waals surface area contributed by atoms with Gasteiger partial charge in [0.15, 0.2) is 0 Å². The molecule has 80 valence electrons. The van der Waals surface area contributed by atoms with Crippen molar-refractivity contribution in [2.75, 3.05) is 5.73 Å². The SMILES string of the molecule is CC.CC.CC=Nc1ccncc1N. The average molecular weight is 195 g/mol. The molecule has 0 fully saturated rings. The first-order chi connectivity index (χ1) is 6.84. The van der Waals surface area contributed by atoms with Crippen molar-refractivity contribution in [1.82, 2.24) is 4.98 Å². The minimum absolute atomic E-state index is 0.612. The molecule has 0 saturated heterocycles. The van der Waals surface area contributed by atoms with Crippen molar-refractivity contribution in [3.8, 4) is 0 Å². The quantitative estimate of drug-likeness (QED) is 0.698. The molecule has 1 rings (SSSR count). The van der Waals surface area contributed by atoms with E-state index in [1.807, 2.05) is 34.6 Å². The molecule has 1 aromatic rings. The monoisotopic (exact) mass is 195 g/mol. The molecular weight excluding hydrogens is 174 g/mol. The lowest BCUT2D eigenvalue weighted by molar-refractivity contribution is 1.32. The van der Waals surface area contributed by atoms with Crippen LogP contribution in [0.15, 0.2) is 23.5 Å². The van der Waals surface area contributed by atoms with Crippen molar-refractivity contribution in [2.24, 2.45) is 4.99 Å². The molecule has 0 spiro atoms. The number of anilines is 1. The van der Waals surface area contributed by atoms with Gasteiger partial charge < -0.3 is 5.73 Å². The Balaban J connectivity index is 0. The van der Waals surface area contributed by atoms with Crippen LogP contribution in [0.25, 0.3) is 0 Å². The molecule has 0 amide bonds. The van der Waals surface area contributed by atoms with Gasteiger partial charge in [0.05, 0.1) is 17.6 Å². The Morgan fingerprint density at radius 2 is 1.86 bits per heavy atom. The molecule has 2 N–H and O–H groups in total. The molecule has 0 aromatic carbocycles. The summed E-state index contributed by atoms with van der Waals surface area (Å²) in [6.07, 6.45) is 4.95. The Bertz CT molecular complexity index is 244. The largest absolute Gasteiger partial charge is 0.396 e. The molecule has 0 aliphatic carbocycles. The molecule has 0 bridgehead atoms. The zero-order chi connectivity index (χ0) is 11.4. The van der Waals surface area contributed by atoms with Gasteiger partial charge in [0.2, 0.25) is 0 Å². The smallest absolute Gasteiger partial charge is 0.0886 e. The molecule has 0 atom stereocenters. The molecule has 0 saturated carbocycles. The lowest BCUT2D eigenvalue weighted by atomic mass is 10.4. The highest BCUT2D eigenvalue weighted by molar-refractivity contribution is 5.68. The van der Waals surface area contributed by atoms with Gasteiger partial charge in [0, 0.05) is 12.4 Å². The summed E-state index contributed by atoms with van der Waals surface area (Å²) in [5.41, 5.74) is 6.92. The van der Waals surface area contributed by atoms with Crippen LogP contribution < -0.4 is 5.73 Å². The summed E-state index contributed by atoms with van der Waals surface area (Å²) in [5, 5.41) is 0. The molecule has 14 heavy (non-hydrogen) atoms. The van der Waals surface area contributed by atoms with Gasteiger partial charge in [0.1, 0.15) is 0 Å². The predicted molar refractivity (Wildman–Crippen MR) is 65.2 cm³/mol. The number of aliphatic imine (C=N–C) groups is 1. The number of hydrogen-bond acceptors (Lipinski definition) is 3. The Hall–Kier alpha value is -1.38. The molecule has 1 aromatic heterocycles. The second kappa shape index (κ2) is 11.6. The summed E-state index contributed by atoms with van der Waals surface area (Å²) in [6, 6.07) is 1.77. The van der Waals surface area contributed by atoms with Crippen LogP contribution in [-0.2, 0) is 0 Å². The van der Waals surface area contributed by atoms with Crippen LogP contribution in [0.5, 0.6) is 0 Å². The van der Waals surface area contributed by atoms with Gasteiger partial charge in [-0.1, -0.05) is 27.7 Å². The number of nitrogen functional groups attached to an aromatic ring is 1. The van der Waals surface area contributed by atoms with E-state index in [2.05, 4.69) is 9.98 Å². The first-order valence-electron chi connectivity index (χ1n) is 5.02. The summed E-state index contributed by atoms with van der Waals surface area (Å²) < 4.78 is 0. The number of hydrogen-bond donors (Lipinski definition) is 1. The minimum atomic E-state index is 0.612. The van der Waals surface area contributed by atoms with Gasteiger partial charge in [-0.15, -0.1) is 0 Å². The van der Waals surface area contributed by atoms with E-state index < -0.39 is 0 Å². The van der Waals surface area contributed by atoms with Crippen molar-refractivity contribution in [3.05, 3.63) is 18.5 Å². The van der Waals surface area contributed by atoms with Crippen molar-refractivity contribution in [3.63, 3.8) is 0 Å². The zero-order valence-electron chi connectivity index (χ0n) is 9.78. The number of aromatic nitrogens is 1. The number of nitrogens with zero attached hydrogens (tertiary/aromatic N) is 2. The summed E-state index contributed by atoms with van der Waals surface area (Å²) in [6.45, 7) is 9.85. The van der Waals surface area contributed by atoms with Gasteiger partial charge in [-0.25, -0.2) is 0 Å². The van der Waals surface area contributed by atoms with Crippen LogP contribution in [0.4, 0.5) is 11.4 Å². The Morgan fingerprint density at radius 1 is 1.29 bits per heavy atom. The molecule has 3 nitrogen and oxygen atoms in total. The van der Waals surface area contributed by atoms with Crippen LogP contribution in [-0.4, -0.2) is 11.2 Å². The fraction of sp³-hybridized carbons (Fsp3) is 0.455. The molecule has 0 aliphatic heterocycles. The predicted octanol–water partition coefficient (Wildman–Crippen LogP) is 3.44. The third-order valence-corrected chi connectivity index (χ3v) is 1.10. The fourth-order valence-electron chi connectivity index (χ4n) is 0.656. The molecule has 0 radical (unpaired) electrons. The van der Waals surface area contributed by atoms with E-state index in [1.165, 1.54) is 0 Å². The van der Waals surface area contributed by atoms with Gasteiger partial charge in [-0.3, -0.25) is 9.98 Å². The lowest BCUT2D eigenvalue weighted by Gasteiger charge is -1.94. The second-order valence-corrected chi connectivity index (χ2v) is 1.82. The standard InChI is InChI=1S/C7H9N3.2C2H6/c1-2-10-7-3-4-9-5-6(7)8;2*1-2/h2-5H,8H2,1H3;2*1-2H3. The summed E-state index contributed by atoms with van der Waals surface area (Å²) in [5.74, 6) is 0. The first-order valence-corrected chi connectivity index (χ1v) is 5.02. The van der Waals surface area contributed by atoms with Gasteiger partial charge in [0.25, 0.3) is 0 Å². The summed E-state index contributed by atoms with van der Waals surface area (Å²) in [4.78, 5) is 7.84. The third kappa shape index (κ3) is 6.17. The highest BCUT2D eigenvalue weighted by Crippen LogP contribution is 2.17. The molecular formula is C11H21N3. The van der Waals surface area contributed by atoms with Crippen molar-refractivity contribution < 1.29 is 0 Å². The van der Waals surface area contributed by atoms with Crippen LogP contribution >= 0.6 is 0 Å². The molecule has 0 unspecified atom stereocenters. The topological polar surface area (TPSA) is 51.3 Å². The van der Waals surface area contributed by atoms with Crippen LogP contribution in [0, 0.1) is 0 Å². The van der Waals surface area contributed by atoms with E-state index in [0.717, 1.165) is 5.69 Å². The zero-order valence-corrected chi connectivity index (χ0v) is 9.78. The first kappa shape index (κ1) is 15.1. The maximum atomic E-state index is 5.53. The minimum Gasteiger partial charge on any atom is -0.396 e. The second-order valence-electron chi connectivity index (χ2n) is 1.82. The Kier molecular flexibility index (Phi) is 12.5. The van der Waals surface area contributed by atoms with E-state index in [0.29, 0.717) is 5.69 Å². The van der Waals surface area contributed by atoms with E-state index in [9.17, 15) is 0 Å². The van der Waals surface area contributed by atoms with Crippen LogP contribution in [0.3, 0.4) is 0 Å². The third-order valence-electron chi connectivity index (χ3n) is 1.10. The van der Waals surface area contributed by atoms with Crippen molar-refractivity contribution in [2.45, 2.75) is 34.6 Å². The Labute approximate surface area is 87.1 Å². The van der Waals surface area contributed by atoms with E-state index in [-0.39, 0.29) is 0 Å². The van der Waals surface area contributed by atoms with E-state index in [4.69, 9.17) is 5.73 Å². The highest BCUT2D eigenvalue weighted by atomic mass is 14.8. The van der Waals surface area contributed by atoms with Gasteiger partial charge in [-0.2, -0.15) is 0 Å². The Morgan fingerprint density at radius 3 is 2.29 bits per heavy atom. The highest BCUT2D eigenvalue weighted by Gasteiger charge is 1.91. The van der Waals surface area contributed by atoms with E-state index >= 15 is 0 Å². The fourth-order valence-corrected chi connectivity index (χ4v) is 0.656. The van der Waals surface area contributed by atoms with Gasteiger partial charge in [-0.05, 0) is 13.0 Å². The normalized spacial score (nSPS) is 8.36. The maximum absolute atomic E-state index is 5.53. The molecule has 3 heteroatoms. The summed E-state index contributed by atoms with van der Waals surface area (Å²) >= 11 is 0. The van der Waals surface area contributed by atoms with Crippen LogP contribution in [0.1, 0.15) is 34.6 Å².